The molecule has 4 heterocycles. The van der Waals surface area contributed by atoms with Crippen molar-refractivity contribution in [2.45, 2.75) is 52.5 Å². The third kappa shape index (κ3) is 4.93. The van der Waals surface area contributed by atoms with Gasteiger partial charge in [-0.3, -0.25) is 9.47 Å². The quantitative estimate of drug-likeness (QED) is 0.513. The topological polar surface area (TPSA) is 96.5 Å². The van der Waals surface area contributed by atoms with Crippen LogP contribution in [0.4, 0.5) is 14.6 Å². The van der Waals surface area contributed by atoms with Crippen LogP contribution in [0.25, 0.3) is 11.0 Å². The molecule has 2 atom stereocenters. The van der Waals surface area contributed by atoms with Gasteiger partial charge in [0, 0.05) is 38.8 Å². The maximum atomic E-state index is 13.4. The molecule has 0 spiro atoms. The largest absolute Gasteiger partial charge is 0.586 e. The van der Waals surface area contributed by atoms with Gasteiger partial charge in [0.25, 0.3) is 0 Å². The molecular formula is C26H30F2N6O3. The first kappa shape index (κ1) is 26.3. The van der Waals surface area contributed by atoms with E-state index in [1.54, 1.807) is 31.3 Å². The van der Waals surface area contributed by atoms with Crippen LogP contribution in [-0.2, 0) is 7.05 Å². The highest BCUT2D eigenvalue weighted by molar-refractivity contribution is 5.86. The Labute approximate surface area is 213 Å². The number of halogens is 2. The highest BCUT2D eigenvalue weighted by Crippen LogP contribution is 2.42. The lowest BCUT2D eigenvalue weighted by atomic mass is 10.0. The van der Waals surface area contributed by atoms with E-state index in [0.717, 1.165) is 12.0 Å². The second kappa shape index (κ2) is 10.3. The highest BCUT2D eigenvalue weighted by Gasteiger charge is 2.43. The number of ether oxygens (including phenoxy) is 2. The smallest absolute Gasteiger partial charge is 0.395 e. The summed E-state index contributed by atoms with van der Waals surface area (Å²) in [5, 5.41) is 9.33. The molecule has 0 bridgehead atoms. The molecule has 2 aliphatic rings. The zero-order valence-electron chi connectivity index (χ0n) is 21.5. The number of anilines is 1. The zero-order valence-corrected chi connectivity index (χ0v) is 21.5. The van der Waals surface area contributed by atoms with E-state index in [-0.39, 0.29) is 35.0 Å². The van der Waals surface area contributed by atoms with E-state index in [1.165, 1.54) is 10.6 Å². The number of aromatic nitrogens is 3. The van der Waals surface area contributed by atoms with Crippen LogP contribution in [0.5, 0.6) is 11.5 Å². The molecule has 0 N–H and O–H groups in total. The summed E-state index contributed by atoms with van der Waals surface area (Å²) in [5.41, 5.74) is 1.84. The van der Waals surface area contributed by atoms with Gasteiger partial charge in [-0.2, -0.15) is 10.2 Å². The van der Waals surface area contributed by atoms with Crippen molar-refractivity contribution in [3.63, 3.8) is 0 Å². The van der Waals surface area contributed by atoms with Crippen LogP contribution in [0.15, 0.2) is 35.1 Å². The molecule has 2 aromatic heterocycles. The van der Waals surface area contributed by atoms with E-state index in [0.29, 0.717) is 36.5 Å². The Kier molecular flexibility index (Phi) is 7.32. The monoisotopic (exact) mass is 512 g/mol. The van der Waals surface area contributed by atoms with Gasteiger partial charge >= 0.3 is 12.0 Å². The number of benzene rings is 1. The predicted molar refractivity (Wildman–Crippen MR) is 135 cm³/mol. The van der Waals surface area contributed by atoms with E-state index in [9.17, 15) is 18.8 Å². The minimum Gasteiger partial charge on any atom is -0.395 e. The van der Waals surface area contributed by atoms with Crippen LogP contribution < -0.4 is 20.1 Å². The first-order valence-corrected chi connectivity index (χ1v) is 12.4. The van der Waals surface area contributed by atoms with E-state index in [4.69, 9.17) is 0 Å². The van der Waals surface area contributed by atoms with Gasteiger partial charge in [-0.1, -0.05) is 26.8 Å². The second-order valence-electron chi connectivity index (χ2n) is 8.75. The normalized spacial score (nSPS) is 19.2. The van der Waals surface area contributed by atoms with Gasteiger partial charge in [0.1, 0.15) is 17.3 Å². The average molecular weight is 513 g/mol. The van der Waals surface area contributed by atoms with Crippen LogP contribution in [0.3, 0.4) is 0 Å². The van der Waals surface area contributed by atoms with Crippen molar-refractivity contribution in [1.29, 1.82) is 5.26 Å². The van der Waals surface area contributed by atoms with Gasteiger partial charge in [0.2, 0.25) is 0 Å². The summed E-state index contributed by atoms with van der Waals surface area (Å²) in [6, 6.07) is 10.2. The lowest BCUT2D eigenvalue weighted by Gasteiger charge is -2.44. The standard InChI is InChI=1S/C24H24F2N6O3.C2H6/c1-4-17-13-31(14(2)15-5-8-19-20(11-15)35-24(25,26)34-19)9-10-32(17)22-21-18(30(3)23(33)29-22)7-6-16(12-27)28-21;1-2/h5-8,11,14,17H,4,9-10,13H2,1-3H3;1-2H3. The van der Waals surface area contributed by atoms with Crippen molar-refractivity contribution in [2.75, 3.05) is 24.5 Å². The van der Waals surface area contributed by atoms with Crippen molar-refractivity contribution in [1.82, 2.24) is 19.4 Å². The van der Waals surface area contributed by atoms with Gasteiger partial charge in [0.15, 0.2) is 17.3 Å². The van der Waals surface area contributed by atoms with E-state index >= 15 is 0 Å². The number of aryl methyl sites for hydroxylation is 1. The Hall–Kier alpha value is -3.78. The number of nitriles is 1. The summed E-state index contributed by atoms with van der Waals surface area (Å²) in [7, 11) is 1.63. The number of rotatable bonds is 4. The molecule has 0 amide bonds. The summed E-state index contributed by atoms with van der Waals surface area (Å²) < 4.78 is 37.4. The van der Waals surface area contributed by atoms with Gasteiger partial charge in [-0.15, -0.1) is 8.78 Å². The van der Waals surface area contributed by atoms with Crippen LogP contribution in [0.1, 0.15) is 51.4 Å². The summed E-state index contributed by atoms with van der Waals surface area (Å²) in [6.45, 7) is 9.98. The molecule has 9 nitrogen and oxygen atoms in total. The predicted octanol–water partition coefficient (Wildman–Crippen LogP) is 4.21. The summed E-state index contributed by atoms with van der Waals surface area (Å²) in [5.74, 6) is 0.528. The number of alkyl halides is 2. The maximum Gasteiger partial charge on any atom is 0.586 e. The molecule has 5 rings (SSSR count). The third-order valence-electron chi connectivity index (χ3n) is 6.76. The van der Waals surface area contributed by atoms with Crippen LogP contribution in [0, 0.1) is 11.3 Å². The summed E-state index contributed by atoms with van der Waals surface area (Å²) >= 11 is 0. The highest BCUT2D eigenvalue weighted by atomic mass is 19.3. The molecule has 1 aromatic carbocycles. The number of pyridine rings is 1. The summed E-state index contributed by atoms with van der Waals surface area (Å²) in [4.78, 5) is 25.7. The number of hydrogen-bond donors (Lipinski definition) is 0. The lowest BCUT2D eigenvalue weighted by molar-refractivity contribution is -0.286. The van der Waals surface area contributed by atoms with Gasteiger partial charge < -0.3 is 14.4 Å². The molecule has 2 aliphatic heterocycles. The van der Waals surface area contributed by atoms with Crippen molar-refractivity contribution < 1.29 is 18.3 Å². The maximum absolute atomic E-state index is 13.4. The fraction of sp³-hybridized carbons (Fsp3) is 0.462. The zero-order chi connectivity index (χ0) is 26.9. The van der Waals surface area contributed by atoms with E-state index < -0.39 is 6.29 Å². The first-order chi connectivity index (χ1) is 17.7. The fourth-order valence-electron chi connectivity index (χ4n) is 4.77. The Bertz CT molecular complexity index is 1400. The fourth-order valence-corrected chi connectivity index (χ4v) is 4.77. The van der Waals surface area contributed by atoms with Gasteiger partial charge in [-0.25, -0.2) is 9.78 Å². The Balaban J connectivity index is 0.00000156. The second-order valence-corrected chi connectivity index (χ2v) is 8.75. The molecule has 37 heavy (non-hydrogen) atoms. The van der Waals surface area contributed by atoms with Crippen molar-refractivity contribution in [3.05, 3.63) is 52.1 Å². The summed E-state index contributed by atoms with van der Waals surface area (Å²) in [6.07, 6.45) is -2.86. The Morgan fingerprint density at radius 3 is 2.59 bits per heavy atom. The Morgan fingerprint density at radius 1 is 1.16 bits per heavy atom. The van der Waals surface area contributed by atoms with Crippen LogP contribution in [-0.4, -0.2) is 51.4 Å². The molecule has 1 fully saturated rings. The number of nitrogens with zero attached hydrogens (tertiary/aromatic N) is 6. The molecule has 196 valence electrons. The molecule has 1 saturated heterocycles. The van der Waals surface area contributed by atoms with Crippen molar-refractivity contribution in [2.24, 2.45) is 7.05 Å². The molecule has 2 unspecified atom stereocenters. The number of piperazine rings is 1. The van der Waals surface area contributed by atoms with Crippen LogP contribution >= 0.6 is 0 Å². The van der Waals surface area contributed by atoms with E-state index in [1.807, 2.05) is 20.8 Å². The SMILES string of the molecule is CC.CCC1CN(C(C)c2ccc3c(c2)OC(F)(F)O3)CCN1c1nc(=O)n(C)c2ccc(C#N)nc12. The molecular weight excluding hydrogens is 482 g/mol. The van der Waals surface area contributed by atoms with Crippen molar-refractivity contribution >= 4 is 16.9 Å². The van der Waals surface area contributed by atoms with Gasteiger partial charge in [-0.05, 0) is 43.2 Å². The lowest BCUT2D eigenvalue weighted by Crippen LogP contribution is -2.54. The third-order valence-corrected chi connectivity index (χ3v) is 6.76. The number of fused-ring (bicyclic) bond motifs is 2. The van der Waals surface area contributed by atoms with Crippen molar-refractivity contribution in [3.8, 4) is 17.6 Å². The molecule has 0 radical (unpaired) electrons. The van der Waals surface area contributed by atoms with Gasteiger partial charge in [0.05, 0.1) is 5.52 Å². The Morgan fingerprint density at radius 2 is 1.89 bits per heavy atom. The van der Waals surface area contributed by atoms with E-state index in [2.05, 4.69) is 42.2 Å². The molecule has 11 heteroatoms. The molecule has 3 aromatic rings. The minimum atomic E-state index is -3.65. The molecule has 0 aliphatic carbocycles. The average Bonchev–Trinajstić information content (AvgIpc) is 3.23. The minimum absolute atomic E-state index is 0.0232. The molecule has 0 saturated carbocycles. The first-order valence-electron chi connectivity index (χ1n) is 12.4. The van der Waals surface area contributed by atoms with Crippen LogP contribution in [0.2, 0.25) is 0 Å². The number of hydrogen-bond acceptors (Lipinski definition) is 8.